The molecular formula is C16H25NO3. The molecule has 0 aliphatic carbocycles. The van der Waals surface area contributed by atoms with Gasteiger partial charge in [0.2, 0.25) is 0 Å². The van der Waals surface area contributed by atoms with Crippen LogP contribution in [0.1, 0.15) is 50.4 Å². The number of carbonyl (C=O) groups excluding carboxylic acids is 1. The van der Waals surface area contributed by atoms with Crippen LogP contribution in [-0.2, 0) is 0 Å². The first-order valence-corrected chi connectivity index (χ1v) is 7.29. The van der Waals surface area contributed by atoms with E-state index < -0.39 is 0 Å². The number of aliphatic hydroxyl groups excluding tert-OH is 1. The highest BCUT2D eigenvalue weighted by molar-refractivity contribution is 5.94. The van der Waals surface area contributed by atoms with E-state index in [1.165, 1.54) is 0 Å². The summed E-state index contributed by atoms with van der Waals surface area (Å²) < 4.78 is 5.67. The lowest BCUT2D eigenvalue weighted by molar-refractivity contribution is 0.0929. The topological polar surface area (TPSA) is 58.6 Å². The molecule has 112 valence electrons. The average Bonchev–Trinajstić information content (AvgIpc) is 2.47. The zero-order valence-corrected chi connectivity index (χ0v) is 12.6. The highest BCUT2D eigenvalue weighted by atomic mass is 16.5. The Hall–Kier alpha value is -1.55. The predicted molar refractivity (Wildman–Crippen MR) is 80.1 cm³/mol. The summed E-state index contributed by atoms with van der Waals surface area (Å²) in [5, 5.41) is 11.8. The Balaban J connectivity index is 2.61. The van der Waals surface area contributed by atoms with E-state index in [0.717, 1.165) is 18.6 Å². The van der Waals surface area contributed by atoms with Crippen LogP contribution in [0.25, 0.3) is 0 Å². The molecule has 2 unspecified atom stereocenters. The average molecular weight is 279 g/mol. The third kappa shape index (κ3) is 5.21. The zero-order chi connectivity index (χ0) is 15.0. The number of benzene rings is 1. The van der Waals surface area contributed by atoms with Gasteiger partial charge in [-0.05, 0) is 50.5 Å². The molecule has 1 aromatic rings. The molecule has 1 amide bonds. The van der Waals surface area contributed by atoms with Gasteiger partial charge in [-0.2, -0.15) is 0 Å². The van der Waals surface area contributed by atoms with Crippen LogP contribution in [0.4, 0.5) is 0 Å². The van der Waals surface area contributed by atoms with Gasteiger partial charge in [0, 0.05) is 18.2 Å². The van der Waals surface area contributed by atoms with Crippen LogP contribution in [0.15, 0.2) is 24.3 Å². The van der Waals surface area contributed by atoms with Crippen molar-refractivity contribution in [3.05, 3.63) is 29.8 Å². The lowest BCUT2D eigenvalue weighted by Gasteiger charge is -2.16. The number of carbonyl (C=O) groups is 1. The van der Waals surface area contributed by atoms with Crippen LogP contribution in [0.5, 0.6) is 5.75 Å². The monoisotopic (exact) mass is 279 g/mol. The Labute approximate surface area is 121 Å². The maximum atomic E-state index is 12.0. The van der Waals surface area contributed by atoms with E-state index in [2.05, 4.69) is 12.2 Å². The van der Waals surface area contributed by atoms with Crippen molar-refractivity contribution < 1.29 is 14.6 Å². The van der Waals surface area contributed by atoms with Gasteiger partial charge in [0.1, 0.15) is 5.75 Å². The number of rotatable bonds is 8. The van der Waals surface area contributed by atoms with Crippen LogP contribution in [-0.4, -0.2) is 29.8 Å². The van der Waals surface area contributed by atoms with Gasteiger partial charge in [-0.3, -0.25) is 4.79 Å². The smallest absolute Gasteiger partial charge is 0.251 e. The summed E-state index contributed by atoms with van der Waals surface area (Å²) in [5.74, 6) is 0.665. The molecule has 0 radical (unpaired) electrons. The van der Waals surface area contributed by atoms with E-state index >= 15 is 0 Å². The van der Waals surface area contributed by atoms with Crippen molar-refractivity contribution in [3.63, 3.8) is 0 Å². The molecule has 0 saturated heterocycles. The molecule has 0 aromatic heterocycles. The number of aliphatic hydroxyl groups is 1. The second-order valence-corrected chi connectivity index (χ2v) is 4.95. The molecule has 1 aromatic carbocycles. The largest absolute Gasteiger partial charge is 0.491 e. The molecule has 4 heteroatoms. The first kappa shape index (κ1) is 16.5. The van der Waals surface area contributed by atoms with Gasteiger partial charge in [0.25, 0.3) is 5.91 Å². The second kappa shape index (κ2) is 8.59. The lowest BCUT2D eigenvalue weighted by Crippen LogP contribution is -2.35. The molecule has 0 saturated carbocycles. The summed E-state index contributed by atoms with van der Waals surface area (Å²) in [6, 6.07) is 7.17. The SMILES string of the molecule is CCC(CCO)NC(=O)c1ccc(OC(C)CC)cc1. The van der Waals surface area contributed by atoms with Crippen LogP contribution in [0.3, 0.4) is 0 Å². The van der Waals surface area contributed by atoms with Crippen LogP contribution < -0.4 is 10.1 Å². The number of hydrogen-bond donors (Lipinski definition) is 2. The van der Waals surface area contributed by atoms with Crippen molar-refractivity contribution in [2.75, 3.05) is 6.61 Å². The van der Waals surface area contributed by atoms with Crippen molar-refractivity contribution in [3.8, 4) is 5.75 Å². The van der Waals surface area contributed by atoms with E-state index in [9.17, 15) is 4.79 Å². The van der Waals surface area contributed by atoms with Gasteiger partial charge in [0.15, 0.2) is 0 Å². The molecule has 4 nitrogen and oxygen atoms in total. The Morgan fingerprint density at radius 3 is 2.40 bits per heavy atom. The minimum Gasteiger partial charge on any atom is -0.491 e. The van der Waals surface area contributed by atoms with E-state index in [1.54, 1.807) is 12.1 Å². The zero-order valence-electron chi connectivity index (χ0n) is 12.6. The Morgan fingerprint density at radius 2 is 1.90 bits per heavy atom. The van der Waals surface area contributed by atoms with E-state index in [0.29, 0.717) is 12.0 Å². The molecule has 20 heavy (non-hydrogen) atoms. The minimum absolute atomic E-state index is 0.0172. The Bertz CT molecular complexity index is 403. The van der Waals surface area contributed by atoms with Crippen molar-refractivity contribution >= 4 is 5.91 Å². The predicted octanol–water partition coefficient (Wildman–Crippen LogP) is 2.75. The summed E-state index contributed by atoms with van der Waals surface area (Å²) in [7, 11) is 0. The molecule has 0 fully saturated rings. The number of ether oxygens (including phenoxy) is 1. The summed E-state index contributed by atoms with van der Waals surface area (Å²) in [5.41, 5.74) is 0.609. The Morgan fingerprint density at radius 1 is 1.25 bits per heavy atom. The quantitative estimate of drug-likeness (QED) is 0.769. The number of amides is 1. The summed E-state index contributed by atoms with van der Waals surface area (Å²) in [6.07, 6.45) is 2.50. The standard InChI is InChI=1S/C16H25NO3/c1-4-12(3)20-15-8-6-13(7-9-15)16(19)17-14(5-2)10-11-18/h6-9,12,14,18H,4-5,10-11H2,1-3H3,(H,17,19). The van der Waals surface area contributed by atoms with E-state index in [1.807, 2.05) is 26.0 Å². The fourth-order valence-electron chi connectivity index (χ4n) is 1.80. The van der Waals surface area contributed by atoms with Crippen LogP contribution >= 0.6 is 0 Å². The lowest BCUT2D eigenvalue weighted by atomic mass is 10.1. The molecule has 1 rings (SSSR count). The van der Waals surface area contributed by atoms with E-state index in [4.69, 9.17) is 9.84 Å². The van der Waals surface area contributed by atoms with Crippen molar-refractivity contribution in [2.45, 2.75) is 52.2 Å². The molecule has 0 bridgehead atoms. The fraction of sp³-hybridized carbons (Fsp3) is 0.562. The van der Waals surface area contributed by atoms with Gasteiger partial charge in [-0.1, -0.05) is 13.8 Å². The van der Waals surface area contributed by atoms with Gasteiger partial charge < -0.3 is 15.2 Å². The maximum absolute atomic E-state index is 12.0. The fourth-order valence-corrected chi connectivity index (χ4v) is 1.80. The van der Waals surface area contributed by atoms with Crippen molar-refractivity contribution in [1.82, 2.24) is 5.32 Å². The first-order valence-electron chi connectivity index (χ1n) is 7.29. The molecule has 0 aliphatic heterocycles. The minimum atomic E-state index is -0.111. The van der Waals surface area contributed by atoms with Crippen LogP contribution in [0.2, 0.25) is 0 Å². The molecule has 0 aliphatic rings. The van der Waals surface area contributed by atoms with Gasteiger partial charge in [-0.15, -0.1) is 0 Å². The highest BCUT2D eigenvalue weighted by Gasteiger charge is 2.12. The van der Waals surface area contributed by atoms with Crippen molar-refractivity contribution in [2.24, 2.45) is 0 Å². The van der Waals surface area contributed by atoms with E-state index in [-0.39, 0.29) is 24.7 Å². The molecule has 2 atom stereocenters. The number of nitrogens with one attached hydrogen (secondary N) is 1. The number of hydrogen-bond acceptors (Lipinski definition) is 3. The maximum Gasteiger partial charge on any atom is 0.251 e. The highest BCUT2D eigenvalue weighted by Crippen LogP contribution is 2.15. The van der Waals surface area contributed by atoms with Crippen molar-refractivity contribution in [1.29, 1.82) is 0 Å². The van der Waals surface area contributed by atoms with Crippen LogP contribution in [0, 0.1) is 0 Å². The molecule has 2 N–H and O–H groups in total. The normalized spacial score (nSPS) is 13.6. The van der Waals surface area contributed by atoms with Gasteiger partial charge in [0.05, 0.1) is 6.10 Å². The summed E-state index contributed by atoms with van der Waals surface area (Å²) >= 11 is 0. The van der Waals surface area contributed by atoms with Gasteiger partial charge >= 0.3 is 0 Å². The molecule has 0 spiro atoms. The third-order valence-electron chi connectivity index (χ3n) is 3.33. The summed E-state index contributed by atoms with van der Waals surface area (Å²) in [6.45, 7) is 6.16. The molecular weight excluding hydrogens is 254 g/mol. The second-order valence-electron chi connectivity index (χ2n) is 4.95. The summed E-state index contributed by atoms with van der Waals surface area (Å²) in [4.78, 5) is 12.0. The first-order chi connectivity index (χ1) is 9.60. The molecule has 0 heterocycles. The van der Waals surface area contributed by atoms with Gasteiger partial charge in [-0.25, -0.2) is 0 Å². The Kier molecular flexibility index (Phi) is 7.09. The third-order valence-corrected chi connectivity index (χ3v) is 3.33.